The molecule has 0 aliphatic heterocycles. The van der Waals surface area contributed by atoms with Crippen LogP contribution in [-0.2, 0) is 19.1 Å². The molecule has 0 aliphatic carbocycles. The van der Waals surface area contributed by atoms with E-state index in [1.807, 2.05) is 48.6 Å². The molecule has 304 valence electrons. The van der Waals surface area contributed by atoms with Gasteiger partial charge in [0.2, 0.25) is 0 Å². The van der Waals surface area contributed by atoms with E-state index in [0.29, 0.717) is 32.1 Å². The number of aliphatic hydroxyl groups is 3. The predicted molar refractivity (Wildman–Crippen MR) is 222 cm³/mol. The average Bonchev–Trinajstić information content (AvgIpc) is 3.15. The van der Waals surface area contributed by atoms with Gasteiger partial charge in [-0.25, -0.2) is 0 Å². The number of aliphatic hydroxyl groups excluding tert-OH is 3. The Labute approximate surface area is 324 Å². The van der Waals surface area contributed by atoms with Crippen LogP contribution in [0.25, 0.3) is 0 Å². The maximum absolute atomic E-state index is 12.2. The molecule has 0 radical (unpaired) electrons. The van der Waals surface area contributed by atoms with Crippen LogP contribution in [-0.4, -0.2) is 58.8 Å². The number of hydrogen-bond donors (Lipinski definition) is 3. The van der Waals surface area contributed by atoms with Crippen LogP contribution in [0.3, 0.4) is 0 Å². The lowest BCUT2D eigenvalue weighted by atomic mass is 10.0. The van der Waals surface area contributed by atoms with Crippen molar-refractivity contribution in [3.63, 3.8) is 0 Å². The fourth-order valence-electron chi connectivity index (χ4n) is 5.70. The van der Waals surface area contributed by atoms with Gasteiger partial charge in [-0.3, -0.25) is 9.59 Å². The van der Waals surface area contributed by atoms with Crippen LogP contribution in [0, 0.1) is 0 Å². The lowest BCUT2D eigenvalue weighted by Gasteiger charge is -2.15. The minimum atomic E-state index is -0.850. The van der Waals surface area contributed by atoms with E-state index in [1.54, 1.807) is 24.3 Å². The van der Waals surface area contributed by atoms with E-state index in [-0.39, 0.29) is 19.0 Å². The first-order valence-corrected chi connectivity index (χ1v) is 21.2. The fraction of sp³-hybridized carbons (Fsp3) is 0.696. The number of allylic oxidation sites excluding steroid dienone is 8. The topological polar surface area (TPSA) is 113 Å². The van der Waals surface area contributed by atoms with E-state index in [4.69, 9.17) is 9.47 Å². The smallest absolute Gasteiger partial charge is 0.306 e. The van der Waals surface area contributed by atoms with E-state index in [0.717, 1.165) is 25.7 Å². The highest BCUT2D eigenvalue weighted by Crippen LogP contribution is 2.15. The summed E-state index contributed by atoms with van der Waals surface area (Å²) in [6.45, 7) is 3.81. The van der Waals surface area contributed by atoms with E-state index < -0.39 is 30.9 Å². The first kappa shape index (κ1) is 50.3. The van der Waals surface area contributed by atoms with Gasteiger partial charge in [-0.2, -0.15) is 0 Å². The lowest BCUT2D eigenvalue weighted by molar-refractivity contribution is -0.161. The first-order valence-electron chi connectivity index (χ1n) is 21.2. The van der Waals surface area contributed by atoms with Crippen LogP contribution in [0.4, 0.5) is 0 Å². The molecule has 7 heteroatoms. The number of hydrogen-bond acceptors (Lipinski definition) is 7. The summed E-state index contributed by atoms with van der Waals surface area (Å²) < 4.78 is 10.5. The zero-order valence-electron chi connectivity index (χ0n) is 33.7. The molecule has 3 N–H and O–H groups in total. The van der Waals surface area contributed by atoms with Gasteiger partial charge < -0.3 is 24.8 Å². The molecule has 0 aliphatic rings. The molecule has 0 aromatic heterocycles. The Balaban J connectivity index is 3.78. The molecule has 0 aromatic carbocycles. The quantitative estimate of drug-likeness (QED) is 0.0251. The van der Waals surface area contributed by atoms with Gasteiger partial charge in [0.25, 0.3) is 0 Å². The molecule has 0 unspecified atom stereocenters. The van der Waals surface area contributed by atoms with Gasteiger partial charge >= 0.3 is 11.9 Å². The highest BCUT2D eigenvalue weighted by atomic mass is 16.6. The van der Waals surface area contributed by atoms with Gasteiger partial charge in [0, 0.05) is 12.8 Å². The Kier molecular flexibility index (Phi) is 38.4. The molecule has 0 bridgehead atoms. The van der Waals surface area contributed by atoms with E-state index in [9.17, 15) is 24.9 Å². The maximum atomic E-state index is 12.2. The van der Waals surface area contributed by atoms with Crippen molar-refractivity contribution in [2.24, 2.45) is 0 Å². The first-order chi connectivity index (χ1) is 25.9. The van der Waals surface area contributed by atoms with Crippen molar-refractivity contribution in [2.45, 2.75) is 193 Å². The molecule has 0 aromatic rings. The van der Waals surface area contributed by atoms with Crippen molar-refractivity contribution >= 4 is 11.9 Å². The van der Waals surface area contributed by atoms with Crippen molar-refractivity contribution < 1.29 is 34.4 Å². The van der Waals surface area contributed by atoms with Gasteiger partial charge in [-0.1, -0.05) is 196 Å². The summed E-state index contributed by atoms with van der Waals surface area (Å²) in [7, 11) is 0. The molecule has 0 heterocycles. The van der Waals surface area contributed by atoms with Crippen LogP contribution in [0.2, 0.25) is 0 Å². The average molecular weight is 743 g/mol. The third-order valence-corrected chi connectivity index (χ3v) is 8.94. The zero-order chi connectivity index (χ0) is 38.9. The van der Waals surface area contributed by atoms with Crippen molar-refractivity contribution in [1.29, 1.82) is 0 Å². The van der Waals surface area contributed by atoms with Crippen LogP contribution in [0.15, 0.2) is 72.9 Å². The number of esters is 2. The number of unbranched alkanes of at least 4 members (excludes halogenated alkanes) is 17. The molecule has 53 heavy (non-hydrogen) atoms. The number of carbonyl (C=O) groups excluding carboxylic acids is 2. The second-order valence-electron chi connectivity index (χ2n) is 14.1. The summed E-state index contributed by atoms with van der Waals surface area (Å²) in [5.41, 5.74) is 0. The summed E-state index contributed by atoms with van der Waals surface area (Å²) in [4.78, 5) is 24.3. The number of carbonyl (C=O) groups is 2. The molecule has 7 nitrogen and oxygen atoms in total. The fourth-order valence-corrected chi connectivity index (χ4v) is 5.70. The van der Waals surface area contributed by atoms with Gasteiger partial charge in [0.05, 0.1) is 18.8 Å². The second kappa shape index (κ2) is 40.4. The molecular weight excluding hydrogens is 664 g/mol. The SMILES string of the molecule is CC/C=C\C[C@H](O)/C=C/C=C\C=C\[C@H](O)C/C=C\C/C=C\CCC(=O)O[C@@H](CO)COC(=O)CCCCCCCCCCCCCCCCCCCC. The molecule has 0 saturated heterocycles. The van der Waals surface area contributed by atoms with Gasteiger partial charge in [0.15, 0.2) is 6.10 Å². The van der Waals surface area contributed by atoms with Crippen LogP contribution < -0.4 is 0 Å². The van der Waals surface area contributed by atoms with E-state index >= 15 is 0 Å². The third kappa shape index (κ3) is 38.8. The molecule has 0 spiro atoms. The van der Waals surface area contributed by atoms with Gasteiger partial charge in [-0.05, 0) is 38.5 Å². The van der Waals surface area contributed by atoms with E-state index in [2.05, 4.69) is 13.8 Å². The normalized spacial score (nSPS) is 14.1. The molecule has 0 saturated carbocycles. The van der Waals surface area contributed by atoms with Crippen molar-refractivity contribution in [3.05, 3.63) is 72.9 Å². The van der Waals surface area contributed by atoms with Gasteiger partial charge in [0.1, 0.15) is 6.61 Å². The summed E-state index contributed by atoms with van der Waals surface area (Å²) >= 11 is 0. The summed E-state index contributed by atoms with van der Waals surface area (Å²) in [6.07, 6.45) is 47.6. The zero-order valence-corrected chi connectivity index (χ0v) is 33.7. The van der Waals surface area contributed by atoms with Crippen LogP contribution >= 0.6 is 0 Å². The highest BCUT2D eigenvalue weighted by Gasteiger charge is 2.15. The van der Waals surface area contributed by atoms with Crippen LogP contribution in [0.5, 0.6) is 0 Å². The number of rotatable bonds is 37. The third-order valence-electron chi connectivity index (χ3n) is 8.94. The molecular formula is C46H78O7. The summed E-state index contributed by atoms with van der Waals surface area (Å²) in [6, 6.07) is 0. The summed E-state index contributed by atoms with van der Waals surface area (Å²) in [5, 5.41) is 29.4. The summed E-state index contributed by atoms with van der Waals surface area (Å²) in [5.74, 6) is -0.758. The van der Waals surface area contributed by atoms with Crippen molar-refractivity contribution in [1.82, 2.24) is 0 Å². The second-order valence-corrected chi connectivity index (χ2v) is 14.1. The molecule has 0 fully saturated rings. The Bertz CT molecular complexity index is 1010. The Morgan fingerprint density at radius 2 is 1.02 bits per heavy atom. The molecule has 0 amide bonds. The Hall–Kier alpha value is -2.74. The standard InChI is InChI=1S/C46H78O7/c1-3-5-7-8-9-10-11-12-13-14-15-16-17-18-19-20-24-32-38-45(50)52-41-44(40-47)53-46(51)39-33-25-22-21-23-29-35-43(49)37-31-27-26-30-36-42(48)34-28-6-4-2/h6,22-23,25-31,36-37,42-44,47-49H,3-5,7-21,24,32-35,38-41H2,1-2H3/b25-22-,27-26-,28-6-,29-23-,36-30+,37-31+/t42-,43+,44-/m0/s1. The number of ether oxygens (including phenoxy) is 2. The maximum Gasteiger partial charge on any atom is 0.306 e. The monoisotopic (exact) mass is 743 g/mol. The minimum absolute atomic E-state index is 0.129. The van der Waals surface area contributed by atoms with E-state index in [1.165, 1.54) is 96.3 Å². The highest BCUT2D eigenvalue weighted by molar-refractivity contribution is 5.70. The predicted octanol–water partition coefficient (Wildman–Crippen LogP) is 11.3. The Morgan fingerprint density at radius 1 is 0.547 bits per heavy atom. The van der Waals surface area contributed by atoms with Crippen molar-refractivity contribution in [2.75, 3.05) is 13.2 Å². The van der Waals surface area contributed by atoms with Gasteiger partial charge in [-0.15, -0.1) is 0 Å². The minimum Gasteiger partial charge on any atom is -0.462 e. The largest absolute Gasteiger partial charge is 0.462 e. The molecule has 3 atom stereocenters. The lowest BCUT2D eigenvalue weighted by Crippen LogP contribution is -2.28. The van der Waals surface area contributed by atoms with Crippen molar-refractivity contribution in [3.8, 4) is 0 Å². The Morgan fingerprint density at radius 3 is 1.51 bits per heavy atom. The molecule has 0 rings (SSSR count). The van der Waals surface area contributed by atoms with Crippen LogP contribution in [0.1, 0.15) is 174 Å².